The van der Waals surface area contributed by atoms with E-state index >= 15 is 0 Å². The van der Waals surface area contributed by atoms with E-state index in [-0.39, 0.29) is 17.6 Å². The zero-order valence-corrected chi connectivity index (χ0v) is 21.3. The summed E-state index contributed by atoms with van der Waals surface area (Å²) in [5, 5.41) is 4.11. The standard InChI is InChI=1S/C30H24ClF3N2O2/c1-17-13-26(29(37)35-17)22-6-4-5-20(14-22)16-36-19(3)28(18(2)21-7-9-23(31)10-8-21)25-12-11-24(15-27(25)36)38-30(32,33)34/h4-12,14-15,26H,1-2,13,16H2,3H3,(H,35,37). The van der Waals surface area contributed by atoms with Gasteiger partial charge in [-0.05, 0) is 53.5 Å². The highest BCUT2D eigenvalue weighted by atomic mass is 35.5. The van der Waals surface area contributed by atoms with E-state index in [1.54, 1.807) is 18.2 Å². The molecule has 38 heavy (non-hydrogen) atoms. The maximum absolute atomic E-state index is 13.0. The second-order valence-corrected chi connectivity index (χ2v) is 9.79. The van der Waals surface area contributed by atoms with Crippen molar-refractivity contribution in [3.05, 3.63) is 119 Å². The maximum atomic E-state index is 13.0. The number of halogens is 4. The van der Waals surface area contributed by atoms with Crippen LogP contribution in [0, 0.1) is 6.92 Å². The summed E-state index contributed by atoms with van der Waals surface area (Å²) in [7, 11) is 0. The van der Waals surface area contributed by atoms with Crippen LogP contribution in [0.4, 0.5) is 13.2 Å². The molecule has 1 atom stereocenters. The van der Waals surface area contributed by atoms with Crippen molar-refractivity contribution in [3.8, 4) is 5.75 Å². The van der Waals surface area contributed by atoms with E-state index in [1.807, 2.05) is 47.9 Å². The lowest BCUT2D eigenvalue weighted by Gasteiger charge is -2.13. The minimum Gasteiger partial charge on any atom is -0.406 e. The number of rotatable bonds is 6. The summed E-state index contributed by atoms with van der Waals surface area (Å²) in [4.78, 5) is 12.4. The first kappa shape index (κ1) is 25.7. The molecule has 1 unspecified atom stereocenters. The molecule has 1 saturated heterocycles. The van der Waals surface area contributed by atoms with Crippen molar-refractivity contribution < 1.29 is 22.7 Å². The second-order valence-electron chi connectivity index (χ2n) is 9.35. The molecule has 1 aliphatic heterocycles. The third-order valence-electron chi connectivity index (χ3n) is 6.79. The van der Waals surface area contributed by atoms with Gasteiger partial charge in [-0.25, -0.2) is 0 Å². The number of fused-ring (bicyclic) bond motifs is 1. The van der Waals surface area contributed by atoms with E-state index in [0.717, 1.165) is 38.9 Å². The van der Waals surface area contributed by atoms with Crippen LogP contribution in [0.25, 0.3) is 16.5 Å². The molecule has 1 aromatic heterocycles. The SMILES string of the molecule is C=C1CC(c2cccc(Cn3c(C)c(C(=C)c4ccc(Cl)cc4)c4ccc(OC(F)(F)F)cc43)c2)C(=O)N1. The van der Waals surface area contributed by atoms with Gasteiger partial charge in [0, 0.05) is 46.4 Å². The van der Waals surface area contributed by atoms with Crippen molar-refractivity contribution in [1.29, 1.82) is 0 Å². The van der Waals surface area contributed by atoms with E-state index < -0.39 is 6.36 Å². The number of carbonyl (C=O) groups excluding carboxylic acids is 1. The average molecular weight is 537 g/mol. The third-order valence-corrected chi connectivity index (χ3v) is 7.04. The van der Waals surface area contributed by atoms with Crippen LogP contribution in [0.3, 0.4) is 0 Å². The molecule has 0 aliphatic carbocycles. The Morgan fingerprint density at radius 3 is 2.53 bits per heavy atom. The van der Waals surface area contributed by atoms with Crippen molar-refractivity contribution in [2.24, 2.45) is 0 Å². The van der Waals surface area contributed by atoms with Gasteiger partial charge in [0.15, 0.2) is 0 Å². The molecule has 4 aromatic rings. The van der Waals surface area contributed by atoms with Gasteiger partial charge in [0.25, 0.3) is 0 Å². The number of allylic oxidation sites excluding steroid dienone is 1. The second kappa shape index (κ2) is 9.72. The predicted octanol–water partition coefficient (Wildman–Crippen LogP) is 7.73. The first-order valence-corrected chi connectivity index (χ1v) is 12.3. The summed E-state index contributed by atoms with van der Waals surface area (Å²) in [6, 6.07) is 19.3. The van der Waals surface area contributed by atoms with Gasteiger partial charge in [-0.15, -0.1) is 13.2 Å². The number of nitrogens with one attached hydrogen (secondary N) is 1. The van der Waals surface area contributed by atoms with Gasteiger partial charge in [-0.3, -0.25) is 4.79 Å². The first-order chi connectivity index (χ1) is 18.0. The lowest BCUT2D eigenvalue weighted by atomic mass is 9.95. The zero-order chi connectivity index (χ0) is 27.2. The minimum absolute atomic E-state index is 0.0924. The van der Waals surface area contributed by atoms with Crippen LogP contribution < -0.4 is 10.1 Å². The highest BCUT2D eigenvalue weighted by molar-refractivity contribution is 6.30. The Kier molecular flexibility index (Phi) is 6.57. The van der Waals surface area contributed by atoms with Gasteiger partial charge in [0.05, 0.1) is 11.4 Å². The molecule has 1 N–H and O–H groups in total. The Labute approximate surface area is 223 Å². The predicted molar refractivity (Wildman–Crippen MR) is 143 cm³/mol. The van der Waals surface area contributed by atoms with Crippen molar-refractivity contribution in [2.45, 2.75) is 32.2 Å². The van der Waals surface area contributed by atoms with Gasteiger partial charge >= 0.3 is 6.36 Å². The van der Waals surface area contributed by atoms with Gasteiger partial charge < -0.3 is 14.6 Å². The highest BCUT2D eigenvalue weighted by Crippen LogP contribution is 2.38. The van der Waals surface area contributed by atoms with Crippen molar-refractivity contribution in [1.82, 2.24) is 9.88 Å². The fourth-order valence-electron chi connectivity index (χ4n) is 5.05. The summed E-state index contributed by atoms with van der Waals surface area (Å²) < 4.78 is 45.2. The number of carbonyl (C=O) groups is 1. The number of alkyl halides is 3. The molecule has 8 heteroatoms. The zero-order valence-electron chi connectivity index (χ0n) is 20.5. The van der Waals surface area contributed by atoms with E-state index in [2.05, 4.69) is 23.2 Å². The molecule has 2 heterocycles. The lowest BCUT2D eigenvalue weighted by Crippen LogP contribution is -2.17. The number of ether oxygens (including phenoxy) is 1. The summed E-state index contributed by atoms with van der Waals surface area (Å²) in [5.74, 6) is -0.718. The Bertz CT molecular complexity index is 1590. The fraction of sp³-hybridized carbons (Fsp3) is 0.167. The normalized spacial score (nSPS) is 15.7. The van der Waals surface area contributed by atoms with Crippen LogP contribution in [0.1, 0.15) is 40.3 Å². The molecule has 1 amide bonds. The molecular weight excluding hydrogens is 513 g/mol. The van der Waals surface area contributed by atoms with Crippen molar-refractivity contribution in [3.63, 3.8) is 0 Å². The number of amides is 1. The Balaban J connectivity index is 1.60. The molecule has 0 radical (unpaired) electrons. The molecule has 194 valence electrons. The molecule has 5 rings (SSSR count). The fourth-order valence-corrected chi connectivity index (χ4v) is 5.17. The monoisotopic (exact) mass is 536 g/mol. The molecule has 3 aromatic carbocycles. The van der Waals surface area contributed by atoms with Crippen LogP contribution in [0.15, 0.2) is 85.6 Å². The van der Waals surface area contributed by atoms with Gasteiger partial charge in [-0.1, -0.05) is 61.2 Å². The van der Waals surface area contributed by atoms with Crippen LogP contribution in [0.5, 0.6) is 5.75 Å². The Morgan fingerprint density at radius 2 is 1.87 bits per heavy atom. The topological polar surface area (TPSA) is 43.3 Å². The summed E-state index contributed by atoms with van der Waals surface area (Å²) in [5.41, 5.74) is 6.25. The summed E-state index contributed by atoms with van der Waals surface area (Å²) in [6.07, 6.45) is -4.28. The van der Waals surface area contributed by atoms with Gasteiger partial charge in [0.2, 0.25) is 5.91 Å². The molecule has 0 saturated carbocycles. The maximum Gasteiger partial charge on any atom is 0.573 e. The summed E-state index contributed by atoms with van der Waals surface area (Å²) >= 11 is 6.06. The minimum atomic E-state index is -4.81. The third kappa shape index (κ3) is 5.07. The van der Waals surface area contributed by atoms with Crippen molar-refractivity contribution >= 4 is 34.0 Å². The number of nitrogens with zero attached hydrogens (tertiary/aromatic N) is 1. The van der Waals surface area contributed by atoms with Crippen LogP contribution in [-0.2, 0) is 11.3 Å². The number of hydrogen-bond acceptors (Lipinski definition) is 2. The van der Waals surface area contributed by atoms with E-state index in [1.165, 1.54) is 12.1 Å². The Hall–Kier alpha value is -3.97. The molecular formula is C30H24ClF3N2O2. The number of hydrogen-bond donors (Lipinski definition) is 1. The van der Waals surface area contributed by atoms with E-state index in [0.29, 0.717) is 29.2 Å². The number of aromatic nitrogens is 1. The van der Waals surface area contributed by atoms with E-state index in [9.17, 15) is 18.0 Å². The average Bonchev–Trinajstić information content (AvgIpc) is 3.33. The van der Waals surface area contributed by atoms with Crippen LogP contribution in [-0.4, -0.2) is 16.8 Å². The summed E-state index contributed by atoms with van der Waals surface area (Å²) in [6.45, 7) is 10.4. The van der Waals surface area contributed by atoms with Gasteiger partial charge in [-0.2, -0.15) is 0 Å². The quantitative estimate of drug-likeness (QED) is 0.274. The van der Waals surface area contributed by atoms with Crippen LogP contribution in [0.2, 0.25) is 5.02 Å². The Morgan fingerprint density at radius 1 is 1.13 bits per heavy atom. The number of benzene rings is 3. The van der Waals surface area contributed by atoms with Gasteiger partial charge in [0.1, 0.15) is 5.75 Å². The van der Waals surface area contributed by atoms with Crippen molar-refractivity contribution in [2.75, 3.05) is 0 Å². The van der Waals surface area contributed by atoms with E-state index in [4.69, 9.17) is 11.6 Å². The molecule has 1 fully saturated rings. The molecule has 0 spiro atoms. The smallest absolute Gasteiger partial charge is 0.406 e. The lowest BCUT2D eigenvalue weighted by molar-refractivity contribution is -0.274. The first-order valence-electron chi connectivity index (χ1n) is 11.9. The van der Waals surface area contributed by atoms with Crippen LogP contribution >= 0.6 is 11.6 Å². The largest absolute Gasteiger partial charge is 0.573 e. The molecule has 0 bridgehead atoms. The highest BCUT2D eigenvalue weighted by Gasteiger charge is 2.32. The molecule has 4 nitrogen and oxygen atoms in total. The molecule has 1 aliphatic rings.